The Balaban J connectivity index is 2.39. The molecular weight excluding hydrogens is 303 g/mol. The van der Waals surface area contributed by atoms with Gasteiger partial charge in [0.05, 0.1) is 22.6 Å². The van der Waals surface area contributed by atoms with E-state index in [1.54, 1.807) is 6.07 Å². The molecule has 0 N–H and O–H groups in total. The number of nitrogens with zero attached hydrogens (tertiary/aromatic N) is 3. The molecule has 0 aliphatic heterocycles. The number of aromatic nitrogens is 1. The van der Waals surface area contributed by atoms with E-state index in [1.807, 2.05) is 0 Å². The van der Waals surface area contributed by atoms with E-state index in [0.29, 0.717) is 6.07 Å². The molecule has 0 amide bonds. The van der Waals surface area contributed by atoms with Crippen LogP contribution in [0.25, 0.3) is 0 Å². The molecule has 0 saturated carbocycles. The summed E-state index contributed by atoms with van der Waals surface area (Å²) in [6, 6.07) is 8.03. The first-order valence-electron chi connectivity index (χ1n) is 5.71. The second kappa shape index (κ2) is 5.69. The number of ether oxygens (including phenoxy) is 1. The first-order valence-corrected chi connectivity index (χ1v) is 5.71. The zero-order chi connectivity index (χ0) is 16.3. The van der Waals surface area contributed by atoms with Crippen molar-refractivity contribution in [2.45, 2.75) is 6.18 Å². The van der Waals surface area contributed by atoms with Crippen molar-refractivity contribution in [3.8, 4) is 17.7 Å². The highest BCUT2D eigenvalue weighted by atomic mass is 19.4. The van der Waals surface area contributed by atoms with Crippen LogP contribution < -0.4 is 4.74 Å². The van der Waals surface area contributed by atoms with Crippen molar-refractivity contribution in [3.05, 3.63) is 57.8 Å². The van der Waals surface area contributed by atoms with Crippen molar-refractivity contribution in [3.63, 3.8) is 0 Å². The molecule has 0 aliphatic rings. The third-order valence-electron chi connectivity index (χ3n) is 2.47. The number of non-ortho nitro benzene ring substituents is 1. The van der Waals surface area contributed by atoms with Gasteiger partial charge in [0.15, 0.2) is 0 Å². The maximum Gasteiger partial charge on any atom is 0.433 e. The summed E-state index contributed by atoms with van der Waals surface area (Å²) in [4.78, 5) is 13.2. The van der Waals surface area contributed by atoms with E-state index in [4.69, 9.17) is 10.00 Å². The molecule has 0 saturated heterocycles. The van der Waals surface area contributed by atoms with Gasteiger partial charge in [-0.25, -0.2) is 4.98 Å². The van der Waals surface area contributed by atoms with Gasteiger partial charge in [0, 0.05) is 12.1 Å². The van der Waals surface area contributed by atoms with Crippen molar-refractivity contribution >= 4 is 5.69 Å². The van der Waals surface area contributed by atoms with Crippen LogP contribution in [0.2, 0.25) is 0 Å². The molecule has 2 rings (SSSR count). The first-order chi connectivity index (χ1) is 10.3. The van der Waals surface area contributed by atoms with Gasteiger partial charge in [-0.1, -0.05) is 6.07 Å². The zero-order valence-corrected chi connectivity index (χ0v) is 10.7. The van der Waals surface area contributed by atoms with Crippen molar-refractivity contribution in [1.82, 2.24) is 4.98 Å². The number of halogens is 3. The number of pyridine rings is 1. The van der Waals surface area contributed by atoms with E-state index in [-0.39, 0.29) is 17.0 Å². The van der Waals surface area contributed by atoms with Gasteiger partial charge in [-0.05, 0) is 12.1 Å². The lowest BCUT2D eigenvalue weighted by Gasteiger charge is -2.09. The van der Waals surface area contributed by atoms with Gasteiger partial charge >= 0.3 is 6.18 Å². The highest BCUT2D eigenvalue weighted by molar-refractivity contribution is 5.41. The molecule has 0 aliphatic carbocycles. The SMILES string of the molecule is N#Cc1cc(Oc2cccc([N+](=O)[O-])c2)nc(C(F)(F)F)c1. The molecule has 1 heterocycles. The van der Waals surface area contributed by atoms with Gasteiger partial charge < -0.3 is 4.74 Å². The predicted molar refractivity (Wildman–Crippen MR) is 67.1 cm³/mol. The Hall–Kier alpha value is -3.15. The number of hydrogen-bond acceptors (Lipinski definition) is 5. The molecule has 9 heteroatoms. The van der Waals surface area contributed by atoms with E-state index < -0.39 is 22.7 Å². The van der Waals surface area contributed by atoms with E-state index in [2.05, 4.69) is 4.98 Å². The lowest BCUT2D eigenvalue weighted by atomic mass is 10.2. The number of hydrogen-bond donors (Lipinski definition) is 0. The summed E-state index contributed by atoms with van der Waals surface area (Å²) in [7, 11) is 0. The van der Waals surface area contributed by atoms with Crippen molar-refractivity contribution in [2.75, 3.05) is 0 Å². The quantitative estimate of drug-likeness (QED) is 0.637. The minimum absolute atomic E-state index is 0.0649. The average Bonchev–Trinajstić information content (AvgIpc) is 2.46. The lowest BCUT2D eigenvalue weighted by molar-refractivity contribution is -0.384. The summed E-state index contributed by atoms with van der Waals surface area (Å²) in [6.07, 6.45) is -4.74. The molecule has 0 spiro atoms. The topological polar surface area (TPSA) is 89.0 Å². The largest absolute Gasteiger partial charge is 0.439 e. The fourth-order valence-electron chi connectivity index (χ4n) is 1.55. The zero-order valence-electron chi connectivity index (χ0n) is 10.7. The Morgan fingerprint density at radius 3 is 2.59 bits per heavy atom. The van der Waals surface area contributed by atoms with Crippen molar-refractivity contribution < 1.29 is 22.8 Å². The molecule has 0 atom stereocenters. The van der Waals surface area contributed by atoms with E-state index >= 15 is 0 Å². The molecular formula is C13H6F3N3O3. The molecule has 1 aromatic carbocycles. The van der Waals surface area contributed by atoms with Crippen LogP contribution in [0.4, 0.5) is 18.9 Å². The van der Waals surface area contributed by atoms with Gasteiger partial charge in [-0.15, -0.1) is 0 Å². The van der Waals surface area contributed by atoms with Crippen LogP contribution in [-0.4, -0.2) is 9.91 Å². The summed E-state index contributed by atoms with van der Waals surface area (Å²) < 4.78 is 43.1. The third kappa shape index (κ3) is 3.49. The van der Waals surface area contributed by atoms with E-state index in [1.165, 1.54) is 18.2 Å². The number of nitro benzene ring substituents is 1. The molecule has 1 aromatic heterocycles. The molecule has 0 bridgehead atoms. The second-order valence-electron chi connectivity index (χ2n) is 4.05. The Morgan fingerprint density at radius 1 is 1.27 bits per heavy atom. The Morgan fingerprint density at radius 2 is 2.00 bits per heavy atom. The average molecular weight is 309 g/mol. The number of benzene rings is 1. The normalized spacial score (nSPS) is 10.8. The summed E-state index contributed by atoms with van der Waals surface area (Å²) in [5.74, 6) is -0.545. The van der Waals surface area contributed by atoms with E-state index in [0.717, 1.165) is 12.1 Å². The molecule has 0 radical (unpaired) electrons. The molecule has 0 fully saturated rings. The third-order valence-corrected chi connectivity index (χ3v) is 2.47. The molecule has 22 heavy (non-hydrogen) atoms. The van der Waals surface area contributed by atoms with Crippen LogP contribution in [0.1, 0.15) is 11.3 Å². The minimum Gasteiger partial charge on any atom is -0.439 e. The van der Waals surface area contributed by atoms with Crippen molar-refractivity contribution in [2.24, 2.45) is 0 Å². The van der Waals surface area contributed by atoms with Crippen LogP contribution in [0.3, 0.4) is 0 Å². The second-order valence-corrected chi connectivity index (χ2v) is 4.05. The summed E-state index contributed by atoms with van der Waals surface area (Å²) >= 11 is 0. The maximum absolute atomic E-state index is 12.7. The first kappa shape index (κ1) is 15.2. The number of nitriles is 1. The van der Waals surface area contributed by atoms with Crippen LogP contribution in [0, 0.1) is 21.4 Å². The molecule has 0 unspecified atom stereocenters. The van der Waals surface area contributed by atoms with Crippen LogP contribution in [0.5, 0.6) is 11.6 Å². The van der Waals surface area contributed by atoms with Gasteiger partial charge in [-0.3, -0.25) is 10.1 Å². The standard InChI is InChI=1S/C13H6F3N3O3/c14-13(15,16)11-4-8(7-17)5-12(18-11)22-10-3-1-2-9(6-10)19(20)21/h1-6H. The van der Waals surface area contributed by atoms with Gasteiger partial charge in [0.1, 0.15) is 11.4 Å². The number of alkyl halides is 3. The van der Waals surface area contributed by atoms with Crippen LogP contribution in [-0.2, 0) is 6.18 Å². The summed E-state index contributed by atoms with van der Waals surface area (Å²) in [6.45, 7) is 0. The predicted octanol–water partition coefficient (Wildman–Crippen LogP) is 3.67. The highest BCUT2D eigenvalue weighted by Crippen LogP contribution is 2.31. The lowest BCUT2D eigenvalue weighted by Crippen LogP contribution is -2.09. The van der Waals surface area contributed by atoms with Crippen LogP contribution >= 0.6 is 0 Å². The maximum atomic E-state index is 12.7. The van der Waals surface area contributed by atoms with Crippen LogP contribution in [0.15, 0.2) is 36.4 Å². The minimum atomic E-state index is -4.74. The summed E-state index contributed by atoms with van der Waals surface area (Å²) in [5, 5.41) is 19.4. The molecule has 112 valence electrons. The fraction of sp³-hybridized carbons (Fsp3) is 0.0769. The smallest absolute Gasteiger partial charge is 0.433 e. The molecule has 2 aromatic rings. The van der Waals surface area contributed by atoms with E-state index in [9.17, 15) is 23.3 Å². The monoisotopic (exact) mass is 309 g/mol. The van der Waals surface area contributed by atoms with Gasteiger partial charge in [0.2, 0.25) is 5.88 Å². The van der Waals surface area contributed by atoms with Crippen molar-refractivity contribution in [1.29, 1.82) is 5.26 Å². The highest BCUT2D eigenvalue weighted by Gasteiger charge is 2.33. The Bertz CT molecular complexity index is 769. The number of rotatable bonds is 3. The summed E-state index contributed by atoms with van der Waals surface area (Å²) in [5.41, 5.74) is -1.86. The fourth-order valence-corrected chi connectivity index (χ4v) is 1.55. The van der Waals surface area contributed by atoms with Gasteiger partial charge in [-0.2, -0.15) is 18.4 Å². The molecule has 6 nitrogen and oxygen atoms in total. The Kier molecular flexibility index (Phi) is 3.94. The van der Waals surface area contributed by atoms with Gasteiger partial charge in [0.25, 0.3) is 5.69 Å². The Labute approximate surface area is 121 Å². The number of nitro groups is 1.